The molecule has 0 aliphatic heterocycles. The van der Waals surface area contributed by atoms with Crippen LogP contribution in [-0.2, 0) is 0 Å². The van der Waals surface area contributed by atoms with Crippen LogP contribution in [0.25, 0.3) is 16.7 Å². The Balaban J connectivity index is 2.38. The highest BCUT2D eigenvalue weighted by molar-refractivity contribution is 9.10. The Labute approximate surface area is 124 Å². The van der Waals surface area contributed by atoms with Crippen molar-refractivity contribution in [1.29, 1.82) is 5.26 Å². The maximum absolute atomic E-state index is 9.30. The largest absolute Gasteiger partial charge is 0.399 e. The lowest BCUT2D eigenvalue weighted by atomic mass is 10.2. The summed E-state index contributed by atoms with van der Waals surface area (Å²) in [6, 6.07) is 13.4. The van der Waals surface area contributed by atoms with Crippen molar-refractivity contribution in [1.82, 2.24) is 9.55 Å². The van der Waals surface area contributed by atoms with Crippen LogP contribution in [0.15, 0.2) is 40.9 Å². The van der Waals surface area contributed by atoms with Gasteiger partial charge in [0.05, 0.1) is 22.3 Å². The Hall–Kier alpha value is -2.32. The monoisotopic (exact) mass is 326 g/mol. The summed E-state index contributed by atoms with van der Waals surface area (Å²) in [5.41, 5.74) is 9.65. The summed E-state index contributed by atoms with van der Waals surface area (Å²) in [4.78, 5) is 4.51. The number of anilines is 1. The normalized spacial score (nSPS) is 10.7. The molecule has 0 aliphatic carbocycles. The summed E-state index contributed by atoms with van der Waals surface area (Å²) < 4.78 is 2.89. The van der Waals surface area contributed by atoms with Crippen LogP contribution in [0.3, 0.4) is 0 Å². The molecule has 3 aromatic rings. The fraction of sp³-hybridized carbons (Fsp3) is 0.0667. The molecule has 1 aromatic heterocycles. The zero-order valence-corrected chi connectivity index (χ0v) is 12.3. The number of imidazole rings is 1. The molecule has 4 nitrogen and oxygen atoms in total. The molecule has 2 aromatic carbocycles. The highest BCUT2D eigenvalue weighted by Gasteiger charge is 2.13. The van der Waals surface area contributed by atoms with Crippen molar-refractivity contribution in [2.45, 2.75) is 6.92 Å². The van der Waals surface area contributed by atoms with Crippen LogP contribution in [-0.4, -0.2) is 9.55 Å². The van der Waals surface area contributed by atoms with Crippen molar-refractivity contribution in [3.8, 4) is 11.8 Å². The van der Waals surface area contributed by atoms with Gasteiger partial charge < -0.3 is 5.73 Å². The van der Waals surface area contributed by atoms with Gasteiger partial charge in [-0.1, -0.05) is 15.9 Å². The fourth-order valence-corrected chi connectivity index (χ4v) is 2.66. The second-order valence-corrected chi connectivity index (χ2v) is 5.43. The van der Waals surface area contributed by atoms with E-state index in [1.807, 2.05) is 41.8 Å². The molecule has 0 unspecified atom stereocenters. The molecule has 0 radical (unpaired) electrons. The highest BCUT2D eigenvalue weighted by Crippen LogP contribution is 2.27. The van der Waals surface area contributed by atoms with Crippen molar-refractivity contribution in [3.05, 3.63) is 52.3 Å². The SMILES string of the molecule is Cc1nc2cc(N)ccc2n1-c1cc(Br)ccc1C#N. The standard InChI is InChI=1S/C15H11BrN4/c1-9-19-13-7-12(18)4-5-14(13)20(9)15-6-11(16)3-2-10(15)8-17/h2-7H,18H2,1H3. The first-order valence-corrected chi connectivity index (χ1v) is 6.84. The molecule has 0 atom stereocenters. The van der Waals surface area contributed by atoms with Crippen molar-refractivity contribution >= 4 is 32.7 Å². The Bertz CT molecular complexity index is 858. The number of benzene rings is 2. The summed E-state index contributed by atoms with van der Waals surface area (Å²) in [5, 5.41) is 9.30. The van der Waals surface area contributed by atoms with E-state index in [0.717, 1.165) is 27.0 Å². The van der Waals surface area contributed by atoms with Crippen molar-refractivity contribution in [3.63, 3.8) is 0 Å². The number of rotatable bonds is 1. The maximum atomic E-state index is 9.30. The number of nitrogens with two attached hydrogens (primary N) is 1. The number of halogens is 1. The molecule has 0 fully saturated rings. The Kier molecular flexibility index (Phi) is 2.96. The molecule has 98 valence electrons. The lowest BCUT2D eigenvalue weighted by Gasteiger charge is -2.09. The van der Waals surface area contributed by atoms with E-state index in [9.17, 15) is 5.26 Å². The van der Waals surface area contributed by atoms with Crippen molar-refractivity contribution in [2.24, 2.45) is 0 Å². The van der Waals surface area contributed by atoms with Gasteiger partial charge in [-0.05, 0) is 43.3 Å². The minimum Gasteiger partial charge on any atom is -0.399 e. The highest BCUT2D eigenvalue weighted by atomic mass is 79.9. The first-order valence-electron chi connectivity index (χ1n) is 6.05. The number of aryl methyl sites for hydroxylation is 1. The Morgan fingerprint density at radius 1 is 1.25 bits per heavy atom. The third-order valence-corrected chi connectivity index (χ3v) is 3.66. The average Bonchev–Trinajstić information content (AvgIpc) is 2.73. The lowest BCUT2D eigenvalue weighted by Crippen LogP contribution is -2.00. The molecular weight excluding hydrogens is 316 g/mol. The quantitative estimate of drug-likeness (QED) is 0.695. The minimum absolute atomic E-state index is 0.604. The smallest absolute Gasteiger partial charge is 0.111 e. The Morgan fingerprint density at radius 3 is 2.80 bits per heavy atom. The molecule has 0 bridgehead atoms. The van der Waals surface area contributed by atoms with Crippen LogP contribution < -0.4 is 5.73 Å². The first-order chi connectivity index (χ1) is 9.60. The minimum atomic E-state index is 0.604. The van der Waals surface area contributed by atoms with Crippen LogP contribution in [0.1, 0.15) is 11.4 Å². The number of nitrogens with zero attached hydrogens (tertiary/aromatic N) is 3. The number of hydrogen-bond donors (Lipinski definition) is 1. The van der Waals surface area contributed by atoms with Crippen molar-refractivity contribution in [2.75, 3.05) is 5.73 Å². The maximum Gasteiger partial charge on any atom is 0.111 e. The van der Waals surface area contributed by atoms with E-state index in [4.69, 9.17) is 5.73 Å². The van der Waals surface area contributed by atoms with Gasteiger partial charge in [-0.2, -0.15) is 5.26 Å². The van der Waals surface area contributed by atoms with Gasteiger partial charge >= 0.3 is 0 Å². The van der Waals surface area contributed by atoms with Crippen LogP contribution in [0.5, 0.6) is 0 Å². The predicted octanol–water partition coefficient (Wildman–Crippen LogP) is 3.55. The number of nitriles is 1. The molecule has 0 saturated heterocycles. The molecular formula is C15H11BrN4. The van der Waals surface area contributed by atoms with E-state index in [1.165, 1.54) is 0 Å². The van der Waals surface area contributed by atoms with Crippen LogP contribution in [0.2, 0.25) is 0 Å². The molecule has 1 heterocycles. The topological polar surface area (TPSA) is 67.6 Å². The average molecular weight is 327 g/mol. The second kappa shape index (κ2) is 4.66. The van der Waals surface area contributed by atoms with Gasteiger partial charge in [-0.25, -0.2) is 4.98 Å². The summed E-state index contributed by atoms with van der Waals surface area (Å²) in [6.07, 6.45) is 0. The van der Waals surface area contributed by atoms with Crippen molar-refractivity contribution < 1.29 is 0 Å². The second-order valence-electron chi connectivity index (χ2n) is 4.52. The third kappa shape index (κ3) is 1.95. The van der Waals surface area contributed by atoms with Crippen LogP contribution in [0, 0.1) is 18.3 Å². The predicted molar refractivity (Wildman–Crippen MR) is 82.6 cm³/mol. The van der Waals surface area contributed by atoms with E-state index in [0.29, 0.717) is 11.3 Å². The van der Waals surface area contributed by atoms with Gasteiger partial charge in [-0.3, -0.25) is 4.57 Å². The van der Waals surface area contributed by atoms with E-state index < -0.39 is 0 Å². The summed E-state index contributed by atoms with van der Waals surface area (Å²) in [7, 11) is 0. The number of nitrogen functional groups attached to an aromatic ring is 1. The molecule has 0 saturated carbocycles. The Morgan fingerprint density at radius 2 is 2.05 bits per heavy atom. The molecule has 0 aliphatic rings. The van der Waals surface area contributed by atoms with Gasteiger partial charge in [0.1, 0.15) is 11.9 Å². The van der Waals surface area contributed by atoms with Gasteiger partial charge in [-0.15, -0.1) is 0 Å². The van der Waals surface area contributed by atoms with E-state index in [-0.39, 0.29) is 0 Å². The summed E-state index contributed by atoms with van der Waals surface area (Å²) >= 11 is 3.45. The molecule has 5 heteroatoms. The van der Waals surface area contributed by atoms with Crippen LogP contribution >= 0.6 is 15.9 Å². The molecule has 0 spiro atoms. The fourth-order valence-electron chi connectivity index (χ4n) is 2.31. The lowest BCUT2D eigenvalue weighted by molar-refractivity contribution is 0.996. The van der Waals surface area contributed by atoms with E-state index >= 15 is 0 Å². The van der Waals surface area contributed by atoms with E-state index in [2.05, 4.69) is 27.0 Å². The summed E-state index contributed by atoms with van der Waals surface area (Å²) in [5.74, 6) is 0.820. The zero-order chi connectivity index (χ0) is 14.3. The molecule has 20 heavy (non-hydrogen) atoms. The third-order valence-electron chi connectivity index (χ3n) is 3.17. The van der Waals surface area contributed by atoms with Gasteiger partial charge in [0.25, 0.3) is 0 Å². The molecule has 0 amide bonds. The van der Waals surface area contributed by atoms with Crippen LogP contribution in [0.4, 0.5) is 5.69 Å². The van der Waals surface area contributed by atoms with E-state index in [1.54, 1.807) is 6.07 Å². The molecule has 2 N–H and O–H groups in total. The summed E-state index contributed by atoms with van der Waals surface area (Å²) in [6.45, 7) is 1.91. The number of fused-ring (bicyclic) bond motifs is 1. The molecule has 3 rings (SSSR count). The zero-order valence-electron chi connectivity index (χ0n) is 10.8. The van der Waals surface area contributed by atoms with Gasteiger partial charge in [0.15, 0.2) is 0 Å². The van der Waals surface area contributed by atoms with Gasteiger partial charge in [0, 0.05) is 10.2 Å². The van der Waals surface area contributed by atoms with Gasteiger partial charge in [0.2, 0.25) is 0 Å². The number of hydrogen-bond acceptors (Lipinski definition) is 3. The number of aromatic nitrogens is 2. The first kappa shape index (κ1) is 12.7.